The molecular formula is C41H37BrN2O8S. The lowest BCUT2D eigenvalue weighted by molar-refractivity contribution is -0.138. The van der Waals surface area contributed by atoms with E-state index in [0.717, 1.165) is 11.1 Å². The Bertz CT molecular complexity index is 2330. The second kappa shape index (κ2) is 16.9. The molecule has 1 atom stereocenters. The second-order valence-corrected chi connectivity index (χ2v) is 13.5. The van der Waals surface area contributed by atoms with Crippen molar-refractivity contribution < 1.29 is 33.3 Å². The number of carbonyl (C=O) groups is 2. The third-order valence-corrected chi connectivity index (χ3v) is 9.85. The maximum absolute atomic E-state index is 14.4. The highest BCUT2D eigenvalue weighted by Crippen LogP contribution is 2.38. The van der Waals surface area contributed by atoms with E-state index in [0.29, 0.717) is 66.7 Å². The molecule has 0 radical (unpaired) electrons. The summed E-state index contributed by atoms with van der Waals surface area (Å²) >= 11 is 4.85. The summed E-state index contributed by atoms with van der Waals surface area (Å²) in [4.78, 5) is 45.6. The van der Waals surface area contributed by atoms with Gasteiger partial charge in [0.05, 0.1) is 58.8 Å². The average Bonchev–Trinajstić information content (AvgIpc) is 3.48. The smallest absolute Gasteiger partial charge is 0.338 e. The number of thiazole rings is 1. The number of ether oxygens (including phenoxy) is 5. The van der Waals surface area contributed by atoms with Gasteiger partial charge in [0.15, 0.2) is 16.3 Å². The Morgan fingerprint density at radius 3 is 2.23 bits per heavy atom. The predicted octanol–water partition coefficient (Wildman–Crippen LogP) is 6.86. The molecule has 53 heavy (non-hydrogen) atoms. The van der Waals surface area contributed by atoms with E-state index in [2.05, 4.69) is 15.9 Å². The lowest BCUT2D eigenvalue weighted by Gasteiger charge is -2.26. The van der Waals surface area contributed by atoms with Crippen molar-refractivity contribution in [3.8, 4) is 17.2 Å². The Labute approximate surface area is 318 Å². The maximum Gasteiger partial charge on any atom is 0.338 e. The van der Waals surface area contributed by atoms with Gasteiger partial charge in [0.1, 0.15) is 12.4 Å². The van der Waals surface area contributed by atoms with Crippen molar-refractivity contribution in [2.24, 2.45) is 4.99 Å². The number of nitrogens with zero attached hydrogens (tertiary/aromatic N) is 2. The molecule has 10 nitrogen and oxygen atoms in total. The van der Waals surface area contributed by atoms with E-state index >= 15 is 0 Å². The molecule has 272 valence electrons. The topological polar surface area (TPSA) is 115 Å². The maximum atomic E-state index is 14.4. The number of fused-ring (bicyclic) bond motifs is 1. The lowest BCUT2D eigenvalue weighted by Crippen LogP contribution is -2.40. The van der Waals surface area contributed by atoms with Crippen LogP contribution in [0.2, 0.25) is 0 Å². The van der Waals surface area contributed by atoms with Gasteiger partial charge < -0.3 is 23.7 Å². The molecule has 0 spiro atoms. The number of benzene rings is 4. The van der Waals surface area contributed by atoms with Gasteiger partial charge in [0.2, 0.25) is 0 Å². The molecule has 6 rings (SSSR count). The van der Waals surface area contributed by atoms with Crippen molar-refractivity contribution >= 4 is 51.0 Å². The Hall–Kier alpha value is -5.46. The predicted molar refractivity (Wildman–Crippen MR) is 206 cm³/mol. The Morgan fingerprint density at radius 2 is 1.57 bits per heavy atom. The highest BCUT2D eigenvalue weighted by Gasteiger charge is 2.35. The molecule has 5 aromatic rings. The normalized spacial score (nSPS) is 13.9. The molecule has 0 unspecified atom stereocenters. The summed E-state index contributed by atoms with van der Waals surface area (Å²) in [6, 6.07) is 26.6. The molecule has 12 heteroatoms. The van der Waals surface area contributed by atoms with Gasteiger partial charge in [-0.1, -0.05) is 65.9 Å². The average molecular weight is 798 g/mol. The van der Waals surface area contributed by atoms with E-state index in [1.54, 1.807) is 61.9 Å². The molecule has 0 N–H and O–H groups in total. The fraction of sp³-hybridized carbons (Fsp3) is 0.220. The highest BCUT2D eigenvalue weighted by atomic mass is 79.9. The third kappa shape index (κ3) is 8.13. The number of esters is 2. The first-order valence-corrected chi connectivity index (χ1v) is 18.6. The minimum atomic E-state index is -0.818. The largest absolute Gasteiger partial charge is 0.494 e. The SMILES string of the molecule is CCOC(=O)C1=C(c2ccccc2)N=c2s/c(=C\c3cc(Br)c(OCc4ccc(C(=O)OCC)cc4)c(OC)c3)c(=O)n2[C@@H]1c1ccc(OCC)cc1. The van der Waals surface area contributed by atoms with Crippen LogP contribution in [0.1, 0.15) is 59.4 Å². The first-order valence-electron chi connectivity index (χ1n) is 17.0. The van der Waals surface area contributed by atoms with Gasteiger partial charge in [-0.3, -0.25) is 9.36 Å². The minimum absolute atomic E-state index is 0.156. The van der Waals surface area contributed by atoms with Gasteiger partial charge in [0, 0.05) is 5.56 Å². The molecule has 0 bridgehead atoms. The van der Waals surface area contributed by atoms with Crippen LogP contribution in [0.15, 0.2) is 111 Å². The van der Waals surface area contributed by atoms with E-state index < -0.39 is 12.0 Å². The molecule has 0 saturated carbocycles. The van der Waals surface area contributed by atoms with Crippen LogP contribution in [0.5, 0.6) is 17.2 Å². The van der Waals surface area contributed by atoms with Crippen LogP contribution in [-0.2, 0) is 20.9 Å². The van der Waals surface area contributed by atoms with Crippen LogP contribution >= 0.6 is 27.3 Å². The fourth-order valence-corrected chi connectivity index (χ4v) is 7.47. The van der Waals surface area contributed by atoms with Crippen molar-refractivity contribution in [2.45, 2.75) is 33.4 Å². The summed E-state index contributed by atoms with van der Waals surface area (Å²) < 4.78 is 30.7. The number of carbonyl (C=O) groups excluding carboxylic acids is 2. The van der Waals surface area contributed by atoms with Crippen LogP contribution < -0.4 is 29.1 Å². The number of aromatic nitrogens is 1. The first kappa shape index (κ1) is 37.3. The molecule has 0 fully saturated rings. The summed E-state index contributed by atoms with van der Waals surface area (Å²) in [5, 5.41) is 0. The van der Waals surface area contributed by atoms with Gasteiger partial charge in [-0.2, -0.15) is 0 Å². The highest BCUT2D eigenvalue weighted by molar-refractivity contribution is 9.10. The molecule has 4 aromatic carbocycles. The Kier molecular flexibility index (Phi) is 11.9. The summed E-state index contributed by atoms with van der Waals surface area (Å²) in [5.74, 6) is 0.664. The molecule has 0 amide bonds. The Balaban J connectivity index is 1.41. The van der Waals surface area contributed by atoms with Crippen LogP contribution in [0.3, 0.4) is 0 Å². The van der Waals surface area contributed by atoms with Gasteiger partial charge in [-0.05, 0) is 95.9 Å². The second-order valence-electron chi connectivity index (χ2n) is 11.7. The third-order valence-electron chi connectivity index (χ3n) is 8.28. The molecule has 1 aromatic heterocycles. The minimum Gasteiger partial charge on any atom is -0.494 e. The van der Waals surface area contributed by atoms with E-state index in [1.165, 1.54) is 11.3 Å². The van der Waals surface area contributed by atoms with Crippen molar-refractivity contribution in [3.63, 3.8) is 0 Å². The quantitative estimate of drug-likeness (QED) is 0.119. The van der Waals surface area contributed by atoms with E-state index in [4.69, 9.17) is 28.7 Å². The first-order chi connectivity index (χ1) is 25.8. The molecule has 0 saturated heterocycles. The molecule has 1 aliphatic rings. The van der Waals surface area contributed by atoms with Crippen LogP contribution in [0.25, 0.3) is 11.8 Å². The standard InChI is InChI=1S/C41H37BrN2O8S/c1-5-49-30-19-17-28(18-20-30)36-34(40(47)51-7-3)35(27-11-9-8-10-12-27)43-41-44(36)38(45)33(53-41)23-26-21-31(42)37(32(22-26)48-4)52-24-25-13-15-29(16-14-25)39(46)50-6-2/h8-23,36H,5-7,24H2,1-4H3/b33-23-/t36-/m1/s1. The van der Waals surface area contributed by atoms with Crippen molar-refractivity contribution in [3.05, 3.63) is 149 Å². The van der Waals surface area contributed by atoms with Crippen molar-refractivity contribution in [1.82, 2.24) is 4.57 Å². The lowest BCUT2D eigenvalue weighted by atomic mass is 9.93. The zero-order valence-electron chi connectivity index (χ0n) is 29.6. The number of hydrogen-bond donors (Lipinski definition) is 0. The van der Waals surface area contributed by atoms with Crippen molar-refractivity contribution in [1.29, 1.82) is 0 Å². The van der Waals surface area contributed by atoms with Crippen LogP contribution in [-0.4, -0.2) is 43.4 Å². The van der Waals surface area contributed by atoms with Gasteiger partial charge in [-0.25, -0.2) is 14.6 Å². The molecule has 0 aliphatic carbocycles. The van der Waals surface area contributed by atoms with E-state index in [9.17, 15) is 14.4 Å². The number of hydrogen-bond acceptors (Lipinski definition) is 10. The van der Waals surface area contributed by atoms with Gasteiger partial charge in [0.25, 0.3) is 5.56 Å². The monoisotopic (exact) mass is 796 g/mol. The van der Waals surface area contributed by atoms with Crippen molar-refractivity contribution in [2.75, 3.05) is 26.9 Å². The summed E-state index contributed by atoms with van der Waals surface area (Å²) in [6.07, 6.45) is 1.76. The summed E-state index contributed by atoms with van der Waals surface area (Å²) in [6.45, 7) is 6.59. The van der Waals surface area contributed by atoms with Gasteiger partial charge in [-0.15, -0.1) is 0 Å². The molecular weight excluding hydrogens is 760 g/mol. The van der Waals surface area contributed by atoms with Gasteiger partial charge >= 0.3 is 11.9 Å². The van der Waals surface area contributed by atoms with Crippen LogP contribution in [0.4, 0.5) is 0 Å². The number of rotatable bonds is 13. The fourth-order valence-electron chi connectivity index (χ4n) is 5.89. The summed E-state index contributed by atoms with van der Waals surface area (Å²) in [5.41, 5.74) is 3.80. The van der Waals surface area contributed by atoms with Crippen LogP contribution in [0, 0.1) is 0 Å². The Morgan fingerprint density at radius 1 is 0.868 bits per heavy atom. The molecule has 1 aliphatic heterocycles. The summed E-state index contributed by atoms with van der Waals surface area (Å²) in [7, 11) is 1.54. The zero-order valence-corrected chi connectivity index (χ0v) is 32.0. The number of methoxy groups -OCH3 is 1. The zero-order chi connectivity index (χ0) is 37.5. The molecule has 2 heterocycles. The van der Waals surface area contributed by atoms with E-state index in [1.807, 2.05) is 67.6 Å². The number of halogens is 1. The van der Waals surface area contributed by atoms with E-state index in [-0.39, 0.29) is 30.3 Å².